The Morgan fingerprint density at radius 2 is 1.97 bits per heavy atom. The van der Waals surface area contributed by atoms with Crippen LogP contribution in [0.5, 0.6) is 11.5 Å². The van der Waals surface area contributed by atoms with Gasteiger partial charge in [0.05, 0.1) is 29.3 Å². The van der Waals surface area contributed by atoms with E-state index < -0.39 is 4.92 Å². The van der Waals surface area contributed by atoms with Gasteiger partial charge < -0.3 is 14.4 Å². The summed E-state index contributed by atoms with van der Waals surface area (Å²) >= 11 is 1.44. The molecule has 1 amide bonds. The minimum Gasteiger partial charge on any atom is -0.493 e. The van der Waals surface area contributed by atoms with Crippen LogP contribution >= 0.6 is 11.3 Å². The molecular weight excluding hydrogens is 420 g/mol. The number of hydrogen-bond acceptors (Lipinski definition) is 8. The largest absolute Gasteiger partial charge is 0.493 e. The summed E-state index contributed by atoms with van der Waals surface area (Å²) in [4.78, 5) is 32.7. The fraction of sp³-hybridized carbons (Fsp3) is 0.524. The monoisotopic (exact) mass is 446 g/mol. The normalized spacial score (nSPS) is 17.6. The lowest BCUT2D eigenvalue weighted by atomic mass is 10.1. The maximum atomic E-state index is 13.2. The molecule has 0 bridgehead atoms. The standard InChI is InChI=1S/C21H26N4O5S/c1-29-19-10-17(18(25(27)28)11-20(19)30-12-15-13-31-14-22-15)21(26)24-8-6-23(7-9-24)16-4-2-3-5-16/h10-11,13-14,16H,2-9,12H2,1H3. The molecular formula is C21H26N4O5S. The van der Waals surface area contributed by atoms with Gasteiger partial charge in [-0.2, -0.15) is 0 Å². The second-order valence-corrected chi connectivity index (χ2v) is 8.53. The van der Waals surface area contributed by atoms with Crippen LogP contribution in [0.25, 0.3) is 0 Å². The van der Waals surface area contributed by atoms with E-state index in [1.54, 1.807) is 10.4 Å². The molecule has 166 valence electrons. The van der Waals surface area contributed by atoms with Crippen molar-refractivity contribution in [3.63, 3.8) is 0 Å². The van der Waals surface area contributed by atoms with E-state index in [-0.39, 0.29) is 35.3 Å². The van der Waals surface area contributed by atoms with Crippen LogP contribution in [0.3, 0.4) is 0 Å². The van der Waals surface area contributed by atoms with Gasteiger partial charge in [-0.1, -0.05) is 12.8 Å². The van der Waals surface area contributed by atoms with Crippen LogP contribution in [0.2, 0.25) is 0 Å². The van der Waals surface area contributed by atoms with Crippen LogP contribution in [0, 0.1) is 10.1 Å². The SMILES string of the molecule is COc1cc(C(=O)N2CCN(C3CCCC3)CC2)c([N+](=O)[O-])cc1OCc1cscn1. The Bertz CT molecular complexity index is 922. The molecule has 9 nitrogen and oxygen atoms in total. The number of amides is 1. The van der Waals surface area contributed by atoms with Gasteiger partial charge in [0.1, 0.15) is 12.2 Å². The number of benzene rings is 1. The second-order valence-electron chi connectivity index (χ2n) is 7.81. The van der Waals surface area contributed by atoms with E-state index in [2.05, 4.69) is 9.88 Å². The summed E-state index contributed by atoms with van der Waals surface area (Å²) in [5.74, 6) is 0.153. The quantitative estimate of drug-likeness (QED) is 0.475. The molecule has 1 aliphatic heterocycles. The number of thiazole rings is 1. The van der Waals surface area contributed by atoms with E-state index in [4.69, 9.17) is 9.47 Å². The number of hydrogen-bond donors (Lipinski definition) is 0. The number of nitro groups is 1. The Labute approximate surface area is 184 Å². The Morgan fingerprint density at radius 3 is 2.58 bits per heavy atom. The van der Waals surface area contributed by atoms with Crippen molar-refractivity contribution in [2.45, 2.75) is 38.3 Å². The minimum atomic E-state index is -0.544. The number of aromatic nitrogens is 1. The first-order valence-corrected chi connectivity index (χ1v) is 11.4. The fourth-order valence-corrected chi connectivity index (χ4v) is 4.88. The molecule has 1 aliphatic carbocycles. The average molecular weight is 447 g/mol. The first-order chi connectivity index (χ1) is 15.1. The summed E-state index contributed by atoms with van der Waals surface area (Å²) in [6.45, 7) is 2.90. The highest BCUT2D eigenvalue weighted by Gasteiger charge is 2.32. The average Bonchev–Trinajstić information content (AvgIpc) is 3.51. The highest BCUT2D eigenvalue weighted by atomic mass is 32.1. The van der Waals surface area contributed by atoms with Gasteiger partial charge in [0.15, 0.2) is 11.5 Å². The number of carbonyl (C=O) groups is 1. The molecule has 0 N–H and O–H groups in total. The molecule has 1 aromatic carbocycles. The molecule has 0 radical (unpaired) electrons. The summed E-state index contributed by atoms with van der Waals surface area (Å²) in [6.07, 6.45) is 4.98. The van der Waals surface area contributed by atoms with E-state index >= 15 is 0 Å². The predicted octanol–water partition coefficient (Wildman–Crippen LogP) is 3.34. The molecule has 10 heteroatoms. The Hall–Kier alpha value is -2.72. The van der Waals surface area contributed by atoms with Crippen LogP contribution in [0.15, 0.2) is 23.0 Å². The van der Waals surface area contributed by atoms with Crippen molar-refractivity contribution >= 4 is 22.9 Å². The smallest absolute Gasteiger partial charge is 0.286 e. The topological polar surface area (TPSA) is 98.0 Å². The third-order valence-electron chi connectivity index (χ3n) is 6.01. The number of rotatable bonds is 7. The number of methoxy groups -OCH3 is 1. The van der Waals surface area contributed by atoms with Gasteiger partial charge in [-0.25, -0.2) is 4.98 Å². The molecule has 31 heavy (non-hydrogen) atoms. The molecule has 1 aromatic heterocycles. The van der Waals surface area contributed by atoms with E-state index in [1.165, 1.54) is 56.3 Å². The number of nitro benzene ring substituents is 1. The lowest BCUT2D eigenvalue weighted by Crippen LogP contribution is -2.51. The van der Waals surface area contributed by atoms with Crippen LogP contribution in [0.4, 0.5) is 5.69 Å². The van der Waals surface area contributed by atoms with Gasteiger partial charge in [0.25, 0.3) is 11.6 Å². The summed E-state index contributed by atoms with van der Waals surface area (Å²) in [6, 6.07) is 3.30. The lowest BCUT2D eigenvalue weighted by Gasteiger charge is -2.38. The Kier molecular flexibility index (Phi) is 6.67. The number of ether oxygens (including phenoxy) is 2. The minimum absolute atomic E-state index is 0.0252. The molecule has 1 saturated carbocycles. The zero-order chi connectivity index (χ0) is 21.8. The molecule has 2 aromatic rings. The number of piperazine rings is 1. The molecule has 1 saturated heterocycles. The zero-order valence-electron chi connectivity index (χ0n) is 17.5. The first-order valence-electron chi connectivity index (χ1n) is 10.5. The van der Waals surface area contributed by atoms with Crippen molar-refractivity contribution in [2.24, 2.45) is 0 Å². The molecule has 2 fully saturated rings. The molecule has 2 aliphatic rings. The third kappa shape index (κ3) is 4.80. The van der Waals surface area contributed by atoms with Crippen LogP contribution in [-0.2, 0) is 6.61 Å². The summed E-state index contributed by atoms with van der Waals surface area (Å²) in [7, 11) is 1.45. The van der Waals surface area contributed by atoms with Crippen LogP contribution < -0.4 is 9.47 Å². The maximum absolute atomic E-state index is 13.2. The van der Waals surface area contributed by atoms with Gasteiger partial charge >= 0.3 is 0 Å². The van der Waals surface area contributed by atoms with E-state index in [0.29, 0.717) is 19.1 Å². The summed E-state index contributed by atoms with van der Waals surface area (Å²) < 4.78 is 11.1. The fourth-order valence-electron chi connectivity index (χ4n) is 4.33. The number of nitrogens with zero attached hydrogens (tertiary/aromatic N) is 4. The molecule has 4 rings (SSSR count). The zero-order valence-corrected chi connectivity index (χ0v) is 18.3. The van der Waals surface area contributed by atoms with Gasteiger partial charge in [-0.3, -0.25) is 19.8 Å². The molecule has 0 atom stereocenters. The third-order valence-corrected chi connectivity index (χ3v) is 6.65. The summed E-state index contributed by atoms with van der Waals surface area (Å²) in [5, 5.41) is 13.6. The number of carbonyl (C=O) groups excluding carboxylic acids is 1. The van der Waals surface area contributed by atoms with E-state index in [1.807, 2.05) is 5.38 Å². The van der Waals surface area contributed by atoms with E-state index in [9.17, 15) is 14.9 Å². The molecule has 2 heterocycles. The highest BCUT2D eigenvalue weighted by molar-refractivity contribution is 7.07. The molecule has 0 spiro atoms. The lowest BCUT2D eigenvalue weighted by molar-refractivity contribution is -0.385. The van der Waals surface area contributed by atoms with Gasteiger partial charge in [-0.05, 0) is 12.8 Å². The predicted molar refractivity (Wildman–Crippen MR) is 116 cm³/mol. The Balaban J connectivity index is 1.51. The van der Waals surface area contributed by atoms with Gasteiger partial charge in [-0.15, -0.1) is 11.3 Å². The van der Waals surface area contributed by atoms with Crippen molar-refractivity contribution in [2.75, 3.05) is 33.3 Å². The highest BCUT2D eigenvalue weighted by Crippen LogP contribution is 2.36. The summed E-state index contributed by atoms with van der Waals surface area (Å²) in [5.41, 5.74) is 2.15. The molecule has 0 unspecified atom stereocenters. The van der Waals surface area contributed by atoms with Crippen molar-refractivity contribution in [1.82, 2.24) is 14.8 Å². The van der Waals surface area contributed by atoms with Crippen LogP contribution in [0.1, 0.15) is 41.7 Å². The first kappa shape index (κ1) is 21.5. The van der Waals surface area contributed by atoms with Gasteiger partial charge in [0, 0.05) is 43.7 Å². The van der Waals surface area contributed by atoms with Crippen molar-refractivity contribution in [3.8, 4) is 11.5 Å². The van der Waals surface area contributed by atoms with Crippen molar-refractivity contribution < 1.29 is 19.2 Å². The van der Waals surface area contributed by atoms with Crippen LogP contribution in [-0.4, -0.2) is 64.9 Å². The maximum Gasteiger partial charge on any atom is 0.286 e. The van der Waals surface area contributed by atoms with E-state index in [0.717, 1.165) is 18.8 Å². The Morgan fingerprint density at radius 1 is 1.23 bits per heavy atom. The second kappa shape index (κ2) is 9.61. The van der Waals surface area contributed by atoms with Crippen molar-refractivity contribution in [3.05, 3.63) is 44.4 Å². The van der Waals surface area contributed by atoms with Gasteiger partial charge in [0.2, 0.25) is 0 Å². The van der Waals surface area contributed by atoms with Crippen molar-refractivity contribution in [1.29, 1.82) is 0 Å².